The summed E-state index contributed by atoms with van der Waals surface area (Å²) in [5.41, 5.74) is -1.52. The maximum absolute atomic E-state index is 13.0. The molecule has 1 aliphatic carbocycles. The lowest BCUT2D eigenvalue weighted by atomic mass is 9.94. The van der Waals surface area contributed by atoms with Crippen LogP contribution in [0.1, 0.15) is 44.9 Å². The number of amides is 1. The number of rotatable bonds is 5. The summed E-state index contributed by atoms with van der Waals surface area (Å²) in [4.78, 5) is 30.2. The number of carbonyl (C=O) groups excluding carboxylic acids is 1. The second kappa shape index (κ2) is 6.80. The molecule has 0 radical (unpaired) electrons. The number of nitrogens with one attached hydrogen (secondary N) is 1. The fourth-order valence-electron chi connectivity index (χ4n) is 2.70. The Hall–Kier alpha value is -2.68. The van der Waals surface area contributed by atoms with E-state index in [1.165, 1.54) is 6.07 Å². The van der Waals surface area contributed by atoms with Crippen LogP contribution in [0, 0.1) is 0 Å². The van der Waals surface area contributed by atoms with Gasteiger partial charge in [0, 0.05) is 17.0 Å². The number of aromatic carboxylic acids is 1. The largest absolute Gasteiger partial charge is 0.476 e. The van der Waals surface area contributed by atoms with Crippen molar-refractivity contribution in [3.63, 3.8) is 0 Å². The van der Waals surface area contributed by atoms with E-state index in [0.29, 0.717) is 18.4 Å². The monoisotopic (exact) mass is 399 g/mol. The predicted molar refractivity (Wildman–Crippen MR) is 88.7 cm³/mol. The maximum atomic E-state index is 13.0. The van der Waals surface area contributed by atoms with Crippen LogP contribution in [0.4, 0.5) is 13.2 Å². The van der Waals surface area contributed by atoms with Gasteiger partial charge in [0.15, 0.2) is 5.69 Å². The molecule has 6 nitrogen and oxygen atoms in total. The Labute approximate surface area is 156 Å². The first-order valence-corrected chi connectivity index (χ1v) is 8.21. The van der Waals surface area contributed by atoms with Crippen LogP contribution in [0.5, 0.6) is 0 Å². The van der Waals surface area contributed by atoms with Crippen molar-refractivity contribution in [3.8, 4) is 0 Å². The van der Waals surface area contributed by atoms with Crippen molar-refractivity contribution in [2.75, 3.05) is 6.54 Å². The van der Waals surface area contributed by atoms with E-state index in [2.05, 4.69) is 15.3 Å². The van der Waals surface area contributed by atoms with Crippen molar-refractivity contribution in [1.82, 2.24) is 15.3 Å². The van der Waals surface area contributed by atoms with Crippen molar-refractivity contribution in [1.29, 1.82) is 0 Å². The molecule has 1 fully saturated rings. The van der Waals surface area contributed by atoms with Crippen LogP contribution in [0.2, 0.25) is 5.02 Å². The maximum Gasteiger partial charge on any atom is 0.416 e. The van der Waals surface area contributed by atoms with Gasteiger partial charge in [-0.1, -0.05) is 11.6 Å². The van der Waals surface area contributed by atoms with Crippen molar-refractivity contribution >= 4 is 23.5 Å². The van der Waals surface area contributed by atoms with Crippen molar-refractivity contribution in [3.05, 3.63) is 58.1 Å². The molecule has 1 aromatic heterocycles. The molecular formula is C17H13ClF3N3O3. The number of nitrogens with zero attached hydrogens (tertiary/aromatic N) is 2. The van der Waals surface area contributed by atoms with Gasteiger partial charge in [-0.3, -0.25) is 4.79 Å². The van der Waals surface area contributed by atoms with Gasteiger partial charge >= 0.3 is 12.1 Å². The Kier molecular flexibility index (Phi) is 4.81. The standard InChI is InChI=1S/C17H13ClF3N3O3/c18-11-2-1-9(17(19,20)21)5-10(11)16(3-4-16)8-24-14(25)12-6-23-13(7-22-12)15(26)27/h1-2,5-7H,3-4,8H2,(H,24,25)(H,26,27). The smallest absolute Gasteiger partial charge is 0.416 e. The minimum atomic E-state index is -4.49. The zero-order chi connectivity index (χ0) is 19.8. The number of hydrogen-bond donors (Lipinski definition) is 2. The van der Waals surface area contributed by atoms with E-state index in [0.717, 1.165) is 24.5 Å². The lowest BCUT2D eigenvalue weighted by Crippen LogP contribution is -2.33. The first-order chi connectivity index (χ1) is 12.6. The average molecular weight is 400 g/mol. The number of hydrogen-bond acceptors (Lipinski definition) is 4. The fourth-order valence-corrected chi connectivity index (χ4v) is 3.01. The molecule has 1 saturated carbocycles. The van der Waals surface area contributed by atoms with E-state index in [-0.39, 0.29) is 23.0 Å². The summed E-state index contributed by atoms with van der Waals surface area (Å²) in [6.45, 7) is 0.0786. The highest BCUT2D eigenvalue weighted by Crippen LogP contribution is 2.51. The van der Waals surface area contributed by atoms with Crippen molar-refractivity contribution in [2.45, 2.75) is 24.4 Å². The van der Waals surface area contributed by atoms with E-state index >= 15 is 0 Å². The Morgan fingerprint density at radius 1 is 1.19 bits per heavy atom. The summed E-state index contributed by atoms with van der Waals surface area (Å²) in [5, 5.41) is 11.6. The number of aromatic nitrogens is 2. The van der Waals surface area contributed by atoms with Crippen LogP contribution in [0.25, 0.3) is 0 Å². The van der Waals surface area contributed by atoms with Crippen LogP contribution in [0.15, 0.2) is 30.6 Å². The highest BCUT2D eigenvalue weighted by atomic mass is 35.5. The molecule has 1 aliphatic rings. The van der Waals surface area contributed by atoms with Crippen LogP contribution in [-0.2, 0) is 11.6 Å². The van der Waals surface area contributed by atoms with Gasteiger partial charge in [0.2, 0.25) is 0 Å². The van der Waals surface area contributed by atoms with Crippen molar-refractivity contribution < 1.29 is 27.9 Å². The third kappa shape index (κ3) is 4.02. The van der Waals surface area contributed by atoms with Gasteiger partial charge in [0.05, 0.1) is 18.0 Å². The Balaban J connectivity index is 1.74. The van der Waals surface area contributed by atoms with E-state index < -0.39 is 29.0 Å². The summed E-state index contributed by atoms with van der Waals surface area (Å²) in [5.74, 6) is -1.88. The summed E-state index contributed by atoms with van der Waals surface area (Å²) in [6, 6.07) is 3.14. The Bertz CT molecular complexity index is 897. The quantitative estimate of drug-likeness (QED) is 0.804. The van der Waals surface area contributed by atoms with Crippen LogP contribution < -0.4 is 5.32 Å². The molecule has 0 spiro atoms. The van der Waals surface area contributed by atoms with E-state index in [1.54, 1.807) is 0 Å². The molecule has 142 valence electrons. The second-order valence-corrected chi connectivity index (χ2v) is 6.65. The molecule has 0 saturated heterocycles. The normalized spacial score (nSPS) is 15.3. The van der Waals surface area contributed by atoms with Crippen LogP contribution >= 0.6 is 11.6 Å². The summed E-state index contributed by atoms with van der Waals surface area (Å²) in [7, 11) is 0. The van der Waals surface area contributed by atoms with E-state index in [1.807, 2.05) is 0 Å². The van der Waals surface area contributed by atoms with Crippen molar-refractivity contribution in [2.24, 2.45) is 0 Å². The fraction of sp³-hybridized carbons (Fsp3) is 0.294. The van der Waals surface area contributed by atoms with E-state index in [4.69, 9.17) is 16.7 Å². The minimum absolute atomic E-state index is 0.0786. The number of benzene rings is 1. The minimum Gasteiger partial charge on any atom is -0.476 e. The molecule has 2 aromatic rings. The molecule has 10 heteroatoms. The second-order valence-electron chi connectivity index (χ2n) is 6.25. The summed E-state index contributed by atoms with van der Waals surface area (Å²) in [6.07, 6.45) is -1.35. The van der Waals surface area contributed by atoms with Crippen LogP contribution in [0.3, 0.4) is 0 Å². The SMILES string of the molecule is O=C(O)c1cnc(C(=O)NCC2(c3cc(C(F)(F)F)ccc3Cl)CC2)cn1. The summed E-state index contributed by atoms with van der Waals surface area (Å²) >= 11 is 6.09. The summed E-state index contributed by atoms with van der Waals surface area (Å²) < 4.78 is 38.9. The Morgan fingerprint density at radius 2 is 1.81 bits per heavy atom. The van der Waals surface area contributed by atoms with Gasteiger partial charge in [-0.25, -0.2) is 14.8 Å². The molecule has 0 atom stereocenters. The number of alkyl halides is 3. The Morgan fingerprint density at radius 3 is 2.33 bits per heavy atom. The first kappa shape index (κ1) is 19.1. The van der Waals surface area contributed by atoms with Gasteiger partial charge in [-0.05, 0) is 36.6 Å². The zero-order valence-electron chi connectivity index (χ0n) is 13.7. The number of halogens is 4. The van der Waals surface area contributed by atoms with Gasteiger partial charge in [-0.15, -0.1) is 0 Å². The highest BCUT2D eigenvalue weighted by molar-refractivity contribution is 6.31. The van der Waals surface area contributed by atoms with Gasteiger partial charge in [-0.2, -0.15) is 13.2 Å². The predicted octanol–water partition coefficient (Wildman–Crippen LogP) is 3.31. The molecule has 0 aliphatic heterocycles. The lowest BCUT2D eigenvalue weighted by Gasteiger charge is -2.19. The number of carboxylic acid groups (broad SMARTS) is 1. The molecule has 27 heavy (non-hydrogen) atoms. The topological polar surface area (TPSA) is 92.2 Å². The van der Waals surface area contributed by atoms with Gasteiger partial charge in [0.25, 0.3) is 5.91 Å². The lowest BCUT2D eigenvalue weighted by molar-refractivity contribution is -0.137. The molecule has 2 N–H and O–H groups in total. The molecule has 3 rings (SSSR count). The molecule has 0 unspecified atom stereocenters. The number of carbonyl (C=O) groups is 2. The third-order valence-corrected chi connectivity index (χ3v) is 4.74. The molecule has 1 heterocycles. The van der Waals surface area contributed by atoms with Gasteiger partial charge < -0.3 is 10.4 Å². The molecular weight excluding hydrogens is 387 g/mol. The zero-order valence-corrected chi connectivity index (χ0v) is 14.4. The molecule has 0 bridgehead atoms. The average Bonchev–Trinajstić information content (AvgIpc) is 3.40. The van der Waals surface area contributed by atoms with E-state index in [9.17, 15) is 22.8 Å². The van der Waals surface area contributed by atoms with Gasteiger partial charge in [0.1, 0.15) is 5.69 Å². The first-order valence-electron chi connectivity index (χ1n) is 7.83. The molecule has 1 aromatic carbocycles. The molecule has 1 amide bonds. The third-order valence-electron chi connectivity index (χ3n) is 4.41. The highest BCUT2D eigenvalue weighted by Gasteiger charge is 2.46. The van der Waals surface area contributed by atoms with Crippen LogP contribution in [-0.4, -0.2) is 33.5 Å². The number of carboxylic acids is 1.